The highest BCUT2D eigenvalue weighted by molar-refractivity contribution is 9.10. The van der Waals surface area contributed by atoms with Crippen molar-refractivity contribution < 1.29 is 22.7 Å². The number of anilines is 1. The summed E-state index contributed by atoms with van der Waals surface area (Å²) in [6, 6.07) is 11.9. The van der Waals surface area contributed by atoms with Gasteiger partial charge in [-0.05, 0) is 42.8 Å². The number of sulfonamides is 1. The molecule has 9 heteroatoms. The van der Waals surface area contributed by atoms with Crippen molar-refractivity contribution in [2.24, 2.45) is 0 Å². The number of hydrogen-bond acceptors (Lipinski definition) is 5. The molecule has 0 bridgehead atoms. The molecule has 2 aromatic carbocycles. The first kappa shape index (κ1) is 20.5. The molecular formula is C19H21BrN2O5S. The smallest absolute Gasteiger partial charge is 0.241 e. The zero-order chi connectivity index (χ0) is 20.3. The van der Waals surface area contributed by atoms with Crippen molar-refractivity contribution in [3.05, 3.63) is 52.5 Å². The van der Waals surface area contributed by atoms with Gasteiger partial charge < -0.3 is 14.8 Å². The van der Waals surface area contributed by atoms with Crippen LogP contribution in [0.5, 0.6) is 11.5 Å². The van der Waals surface area contributed by atoms with E-state index < -0.39 is 15.9 Å². The van der Waals surface area contributed by atoms with Gasteiger partial charge in [-0.3, -0.25) is 9.10 Å². The molecule has 1 amide bonds. The Labute approximate surface area is 172 Å². The van der Waals surface area contributed by atoms with E-state index in [1.54, 1.807) is 30.3 Å². The minimum atomic E-state index is -3.63. The number of amides is 1. The Morgan fingerprint density at radius 1 is 1.18 bits per heavy atom. The first-order valence-electron chi connectivity index (χ1n) is 8.66. The predicted molar refractivity (Wildman–Crippen MR) is 110 cm³/mol. The van der Waals surface area contributed by atoms with Gasteiger partial charge in [0.15, 0.2) is 11.5 Å². The number of carbonyl (C=O) groups is 1. The summed E-state index contributed by atoms with van der Waals surface area (Å²) in [7, 11) is -3.63. The number of carbonyl (C=O) groups excluding carboxylic acids is 1. The molecule has 0 spiro atoms. The zero-order valence-corrected chi connectivity index (χ0v) is 17.9. The van der Waals surface area contributed by atoms with Crippen LogP contribution in [0.25, 0.3) is 0 Å². The molecule has 2 aromatic rings. The van der Waals surface area contributed by atoms with Crippen molar-refractivity contribution in [1.29, 1.82) is 0 Å². The summed E-state index contributed by atoms with van der Waals surface area (Å²) in [5, 5.41) is 2.84. The fraction of sp³-hybridized carbons (Fsp3) is 0.316. The molecule has 0 saturated carbocycles. The van der Waals surface area contributed by atoms with Crippen molar-refractivity contribution >= 4 is 37.5 Å². The third kappa shape index (κ3) is 4.96. The Bertz CT molecular complexity index is 980. The highest BCUT2D eigenvalue weighted by Gasteiger charge is 2.22. The fourth-order valence-electron chi connectivity index (χ4n) is 2.86. The highest BCUT2D eigenvalue weighted by atomic mass is 79.9. The van der Waals surface area contributed by atoms with Crippen LogP contribution < -0.4 is 19.1 Å². The lowest BCUT2D eigenvalue weighted by Gasteiger charge is -2.24. The summed E-state index contributed by atoms with van der Waals surface area (Å²) in [5.74, 6) is 0.899. The number of nitrogens with zero attached hydrogens (tertiary/aromatic N) is 1. The van der Waals surface area contributed by atoms with Crippen molar-refractivity contribution in [1.82, 2.24) is 5.32 Å². The Morgan fingerprint density at radius 2 is 1.89 bits per heavy atom. The van der Waals surface area contributed by atoms with Crippen molar-refractivity contribution in [2.45, 2.75) is 13.0 Å². The van der Waals surface area contributed by atoms with E-state index in [-0.39, 0.29) is 12.6 Å². The van der Waals surface area contributed by atoms with Crippen LogP contribution in [0.2, 0.25) is 0 Å². The van der Waals surface area contributed by atoms with Crippen LogP contribution in [-0.4, -0.2) is 40.3 Å². The number of benzene rings is 2. The second kappa shape index (κ2) is 8.40. The molecule has 1 aliphatic heterocycles. The minimum Gasteiger partial charge on any atom is -0.486 e. The van der Waals surface area contributed by atoms with Gasteiger partial charge in [0.05, 0.1) is 18.0 Å². The summed E-state index contributed by atoms with van der Waals surface area (Å²) in [6.07, 6.45) is 1.07. The van der Waals surface area contributed by atoms with Gasteiger partial charge in [-0.1, -0.05) is 28.1 Å². The van der Waals surface area contributed by atoms with Gasteiger partial charge in [-0.2, -0.15) is 0 Å². The van der Waals surface area contributed by atoms with Crippen molar-refractivity contribution in [3.8, 4) is 11.5 Å². The number of nitrogens with one attached hydrogen (secondary N) is 1. The second-order valence-electron chi connectivity index (χ2n) is 6.44. The Kier molecular flexibility index (Phi) is 6.14. The van der Waals surface area contributed by atoms with E-state index >= 15 is 0 Å². The van der Waals surface area contributed by atoms with Gasteiger partial charge in [0.25, 0.3) is 0 Å². The number of halogens is 1. The Balaban J connectivity index is 1.72. The monoisotopic (exact) mass is 468 g/mol. The average Bonchev–Trinajstić information content (AvgIpc) is 2.64. The zero-order valence-electron chi connectivity index (χ0n) is 15.5. The van der Waals surface area contributed by atoms with Gasteiger partial charge in [0.2, 0.25) is 15.9 Å². The van der Waals surface area contributed by atoms with E-state index in [2.05, 4.69) is 21.2 Å². The molecule has 0 saturated heterocycles. The van der Waals surface area contributed by atoms with E-state index in [9.17, 15) is 13.2 Å². The van der Waals surface area contributed by atoms with Gasteiger partial charge in [0, 0.05) is 4.47 Å². The summed E-state index contributed by atoms with van der Waals surface area (Å²) < 4.78 is 37.3. The van der Waals surface area contributed by atoms with Gasteiger partial charge in [-0.15, -0.1) is 0 Å². The first-order chi connectivity index (χ1) is 13.2. The topological polar surface area (TPSA) is 84.9 Å². The molecule has 150 valence electrons. The first-order valence-corrected chi connectivity index (χ1v) is 11.3. The summed E-state index contributed by atoms with van der Waals surface area (Å²) in [4.78, 5) is 12.5. The van der Waals surface area contributed by atoms with Gasteiger partial charge in [0.1, 0.15) is 19.8 Å². The molecule has 0 aliphatic carbocycles. The highest BCUT2D eigenvalue weighted by Crippen LogP contribution is 2.32. The molecule has 1 atom stereocenters. The lowest BCUT2D eigenvalue weighted by atomic mass is 10.1. The molecule has 1 heterocycles. The molecule has 1 N–H and O–H groups in total. The van der Waals surface area contributed by atoms with Crippen molar-refractivity contribution in [3.63, 3.8) is 0 Å². The Morgan fingerprint density at radius 3 is 2.57 bits per heavy atom. The predicted octanol–water partition coefficient (Wildman–Crippen LogP) is 2.86. The van der Waals surface area contributed by atoms with E-state index in [4.69, 9.17) is 9.47 Å². The molecule has 1 aliphatic rings. The number of hydrogen-bond donors (Lipinski definition) is 1. The van der Waals surface area contributed by atoms with Crippen LogP contribution in [0.1, 0.15) is 18.5 Å². The molecule has 7 nitrogen and oxygen atoms in total. The largest absolute Gasteiger partial charge is 0.486 e. The van der Waals surface area contributed by atoms with Gasteiger partial charge >= 0.3 is 0 Å². The molecular weight excluding hydrogens is 448 g/mol. The SMILES string of the molecule is CC(NC(=O)CN(c1cccc(Br)c1)S(C)(=O)=O)c1ccc2c(c1)OCCO2. The molecule has 0 fully saturated rings. The van der Waals surface area contributed by atoms with E-state index in [1.165, 1.54) is 0 Å². The third-order valence-corrected chi connectivity index (χ3v) is 5.86. The lowest BCUT2D eigenvalue weighted by molar-refractivity contribution is -0.120. The molecule has 3 rings (SSSR count). The maximum atomic E-state index is 12.5. The van der Waals surface area contributed by atoms with Crippen LogP contribution in [0.15, 0.2) is 46.9 Å². The van der Waals surface area contributed by atoms with Crippen LogP contribution in [0.3, 0.4) is 0 Å². The average molecular weight is 469 g/mol. The molecule has 28 heavy (non-hydrogen) atoms. The molecule has 0 radical (unpaired) electrons. The van der Waals surface area contributed by atoms with E-state index in [0.717, 1.165) is 20.6 Å². The van der Waals surface area contributed by atoms with Crippen LogP contribution in [0, 0.1) is 0 Å². The lowest BCUT2D eigenvalue weighted by Crippen LogP contribution is -2.41. The van der Waals surface area contributed by atoms with Crippen LogP contribution in [-0.2, 0) is 14.8 Å². The van der Waals surface area contributed by atoms with Crippen LogP contribution >= 0.6 is 15.9 Å². The Hall–Kier alpha value is -2.26. The van der Waals surface area contributed by atoms with Crippen LogP contribution in [0.4, 0.5) is 5.69 Å². The summed E-state index contributed by atoms with van der Waals surface area (Å²) >= 11 is 3.32. The van der Waals surface area contributed by atoms with E-state index in [0.29, 0.717) is 30.4 Å². The standard InChI is InChI=1S/C19H21BrN2O5S/c1-13(14-6-7-17-18(10-14)27-9-8-26-17)21-19(23)12-22(28(2,24)25)16-5-3-4-15(20)11-16/h3-7,10-11,13H,8-9,12H2,1-2H3,(H,21,23). The minimum absolute atomic E-state index is 0.315. The third-order valence-electron chi connectivity index (χ3n) is 4.23. The van der Waals surface area contributed by atoms with Crippen molar-refractivity contribution in [2.75, 3.05) is 30.3 Å². The quantitative estimate of drug-likeness (QED) is 0.704. The molecule has 1 unspecified atom stereocenters. The van der Waals surface area contributed by atoms with Gasteiger partial charge in [-0.25, -0.2) is 8.42 Å². The van der Waals surface area contributed by atoms with E-state index in [1.807, 2.05) is 19.1 Å². The maximum Gasteiger partial charge on any atom is 0.241 e. The second-order valence-corrected chi connectivity index (χ2v) is 9.26. The summed E-state index contributed by atoms with van der Waals surface area (Å²) in [6.45, 7) is 2.50. The number of fused-ring (bicyclic) bond motifs is 1. The normalized spacial score (nSPS) is 14.2. The maximum absolute atomic E-state index is 12.5. The number of ether oxygens (including phenoxy) is 2. The number of rotatable bonds is 6. The molecule has 0 aromatic heterocycles. The summed E-state index contributed by atoms with van der Waals surface area (Å²) in [5.41, 5.74) is 1.25. The fourth-order valence-corrected chi connectivity index (χ4v) is 4.10.